The third kappa shape index (κ3) is 4.73. The van der Waals surface area contributed by atoms with Crippen LogP contribution in [0.2, 0.25) is 0 Å². The van der Waals surface area contributed by atoms with E-state index >= 15 is 0 Å². The molecule has 1 saturated heterocycles. The third-order valence-corrected chi connectivity index (χ3v) is 5.21. The van der Waals surface area contributed by atoms with Crippen molar-refractivity contribution >= 4 is 27.5 Å². The lowest BCUT2D eigenvalue weighted by Gasteiger charge is -2.39. The van der Waals surface area contributed by atoms with Crippen LogP contribution >= 0.6 is 15.9 Å². The van der Waals surface area contributed by atoms with Gasteiger partial charge in [0.2, 0.25) is 0 Å². The predicted octanol–water partition coefficient (Wildman–Crippen LogP) is 2.74. The van der Waals surface area contributed by atoms with E-state index in [1.165, 1.54) is 11.8 Å². The number of alkyl halides is 3. The monoisotopic (exact) mass is 446 g/mol. The number of imidazole rings is 1. The Morgan fingerprint density at radius 1 is 1.26 bits per heavy atom. The lowest BCUT2D eigenvalue weighted by Crippen LogP contribution is -2.56. The van der Waals surface area contributed by atoms with Crippen molar-refractivity contribution in [2.24, 2.45) is 4.99 Å². The fourth-order valence-corrected chi connectivity index (χ4v) is 3.49. The number of halogens is 4. The number of guanidine groups is 1. The van der Waals surface area contributed by atoms with Crippen LogP contribution in [0.25, 0.3) is 5.65 Å². The minimum Gasteiger partial charge on any atom is -0.351 e. The molecule has 1 aliphatic heterocycles. The minimum atomic E-state index is -4.19. The molecule has 1 unspecified atom stereocenters. The first-order chi connectivity index (χ1) is 12.8. The summed E-state index contributed by atoms with van der Waals surface area (Å²) in [6.45, 7) is 3.40. The van der Waals surface area contributed by atoms with Gasteiger partial charge in [-0.1, -0.05) is 0 Å². The molecule has 0 aliphatic carbocycles. The zero-order chi connectivity index (χ0) is 19.6. The smallest absolute Gasteiger partial charge is 0.351 e. The van der Waals surface area contributed by atoms with Crippen molar-refractivity contribution in [3.05, 3.63) is 34.7 Å². The summed E-state index contributed by atoms with van der Waals surface area (Å²) in [6.07, 6.45) is -0.328. The first-order valence-electron chi connectivity index (χ1n) is 8.67. The van der Waals surface area contributed by atoms with E-state index in [-0.39, 0.29) is 0 Å². The van der Waals surface area contributed by atoms with Gasteiger partial charge in [0, 0.05) is 50.1 Å². The number of fused-ring (bicyclic) bond motifs is 1. The Kier molecular flexibility index (Phi) is 5.95. The summed E-state index contributed by atoms with van der Waals surface area (Å²) in [7, 11) is 1.67. The van der Waals surface area contributed by atoms with E-state index in [2.05, 4.69) is 31.2 Å². The number of rotatable bonds is 3. The van der Waals surface area contributed by atoms with Gasteiger partial charge in [0.1, 0.15) is 11.7 Å². The number of nitrogens with one attached hydrogen (secondary N) is 1. The van der Waals surface area contributed by atoms with Crippen molar-refractivity contribution < 1.29 is 13.2 Å². The highest BCUT2D eigenvalue weighted by atomic mass is 79.9. The number of nitrogens with zero attached hydrogens (tertiary/aromatic N) is 5. The van der Waals surface area contributed by atoms with Crippen molar-refractivity contribution in [3.8, 4) is 0 Å². The standard InChI is InChI=1S/C17H22BrF3N6/c1-12(17(19,20)21)25-5-7-26(8-6-25)16(22-2)23-9-14-11-27-10-13(18)3-4-15(27)24-14/h3-4,10-12H,5-9H2,1-2H3,(H,22,23). The van der Waals surface area contributed by atoms with Crippen molar-refractivity contribution in [3.63, 3.8) is 0 Å². The second-order valence-electron chi connectivity index (χ2n) is 6.49. The number of hydrogen-bond donors (Lipinski definition) is 1. The maximum atomic E-state index is 12.9. The predicted molar refractivity (Wildman–Crippen MR) is 102 cm³/mol. The molecule has 1 aliphatic rings. The molecule has 27 heavy (non-hydrogen) atoms. The Morgan fingerprint density at radius 2 is 1.96 bits per heavy atom. The van der Waals surface area contributed by atoms with E-state index in [9.17, 15) is 13.2 Å². The summed E-state index contributed by atoms with van der Waals surface area (Å²) in [5.41, 5.74) is 1.71. The van der Waals surface area contributed by atoms with Crippen LogP contribution in [0.5, 0.6) is 0 Å². The summed E-state index contributed by atoms with van der Waals surface area (Å²) in [5.74, 6) is 0.674. The molecule has 148 valence electrons. The van der Waals surface area contributed by atoms with E-state index in [4.69, 9.17) is 0 Å². The van der Waals surface area contributed by atoms with Crippen LogP contribution in [0.15, 0.2) is 34.0 Å². The van der Waals surface area contributed by atoms with Gasteiger partial charge in [0.15, 0.2) is 5.96 Å². The summed E-state index contributed by atoms with van der Waals surface area (Å²) >= 11 is 3.43. The molecule has 0 spiro atoms. The number of aromatic nitrogens is 2. The second-order valence-corrected chi connectivity index (χ2v) is 7.40. The van der Waals surface area contributed by atoms with E-state index in [0.717, 1.165) is 15.8 Å². The molecule has 10 heteroatoms. The minimum absolute atomic E-state index is 0.351. The normalized spacial score (nSPS) is 18.1. The van der Waals surface area contributed by atoms with E-state index in [1.807, 2.05) is 33.8 Å². The number of aliphatic imine (C=N–C) groups is 1. The second kappa shape index (κ2) is 8.05. The molecule has 1 N–H and O–H groups in total. The molecule has 0 saturated carbocycles. The SMILES string of the molecule is CN=C(NCc1cn2cc(Br)ccc2n1)N1CCN(C(C)C(F)(F)F)CC1. The summed E-state index contributed by atoms with van der Waals surface area (Å²) in [6, 6.07) is 2.43. The summed E-state index contributed by atoms with van der Waals surface area (Å²) < 4.78 is 41.5. The van der Waals surface area contributed by atoms with Gasteiger partial charge in [-0.3, -0.25) is 9.89 Å². The molecule has 6 nitrogen and oxygen atoms in total. The van der Waals surface area contributed by atoms with Gasteiger partial charge in [0.05, 0.1) is 12.2 Å². The molecule has 1 fully saturated rings. The van der Waals surface area contributed by atoms with Gasteiger partial charge in [-0.2, -0.15) is 13.2 Å². The van der Waals surface area contributed by atoms with Gasteiger partial charge >= 0.3 is 6.18 Å². The topological polar surface area (TPSA) is 48.2 Å². The molecule has 2 aromatic heterocycles. The first kappa shape index (κ1) is 19.9. The van der Waals surface area contributed by atoms with Gasteiger partial charge in [-0.15, -0.1) is 0 Å². The molecule has 1 atom stereocenters. The van der Waals surface area contributed by atoms with Crippen molar-refractivity contribution in [1.29, 1.82) is 0 Å². The Labute approximate surface area is 164 Å². The van der Waals surface area contributed by atoms with Crippen LogP contribution in [0.3, 0.4) is 0 Å². The van der Waals surface area contributed by atoms with Gasteiger partial charge in [0.25, 0.3) is 0 Å². The quantitative estimate of drug-likeness (QED) is 0.581. The molecule has 0 bridgehead atoms. The van der Waals surface area contributed by atoms with Crippen LogP contribution in [0, 0.1) is 0 Å². The Morgan fingerprint density at radius 3 is 2.59 bits per heavy atom. The number of piperazine rings is 1. The molecule has 3 rings (SSSR count). The molecule has 3 heterocycles. The maximum absolute atomic E-state index is 12.9. The Bertz CT molecular complexity index is 811. The molecule has 2 aromatic rings. The molecular formula is C17H22BrF3N6. The van der Waals surface area contributed by atoms with Crippen LogP contribution in [-0.2, 0) is 6.54 Å². The number of pyridine rings is 1. The van der Waals surface area contributed by atoms with Crippen LogP contribution in [0.4, 0.5) is 13.2 Å². The lowest BCUT2D eigenvalue weighted by molar-refractivity contribution is -0.181. The van der Waals surface area contributed by atoms with Gasteiger partial charge < -0.3 is 14.6 Å². The van der Waals surface area contributed by atoms with E-state index in [1.54, 1.807) is 7.05 Å². The third-order valence-electron chi connectivity index (χ3n) is 4.74. The zero-order valence-electron chi connectivity index (χ0n) is 15.2. The fourth-order valence-electron chi connectivity index (χ4n) is 3.13. The summed E-state index contributed by atoms with van der Waals surface area (Å²) in [4.78, 5) is 12.2. The Balaban J connectivity index is 1.56. The maximum Gasteiger partial charge on any atom is 0.403 e. The lowest BCUT2D eigenvalue weighted by atomic mass is 10.2. The van der Waals surface area contributed by atoms with Crippen molar-refractivity contribution in [2.75, 3.05) is 33.2 Å². The van der Waals surface area contributed by atoms with E-state index in [0.29, 0.717) is 38.7 Å². The summed E-state index contributed by atoms with van der Waals surface area (Å²) in [5, 5.41) is 3.25. The first-order valence-corrected chi connectivity index (χ1v) is 9.46. The molecule has 0 aromatic carbocycles. The van der Waals surface area contributed by atoms with Crippen LogP contribution in [-0.4, -0.2) is 70.6 Å². The molecule has 0 radical (unpaired) electrons. The van der Waals surface area contributed by atoms with Crippen molar-refractivity contribution in [1.82, 2.24) is 24.5 Å². The number of hydrogen-bond acceptors (Lipinski definition) is 3. The molecular weight excluding hydrogens is 425 g/mol. The van der Waals surface area contributed by atoms with Crippen LogP contribution < -0.4 is 5.32 Å². The Hall–Kier alpha value is -1.81. The zero-order valence-corrected chi connectivity index (χ0v) is 16.8. The molecule has 0 amide bonds. The highest BCUT2D eigenvalue weighted by Gasteiger charge is 2.41. The highest BCUT2D eigenvalue weighted by Crippen LogP contribution is 2.25. The average molecular weight is 447 g/mol. The van der Waals surface area contributed by atoms with Gasteiger partial charge in [-0.25, -0.2) is 4.98 Å². The van der Waals surface area contributed by atoms with Crippen LogP contribution in [0.1, 0.15) is 12.6 Å². The van der Waals surface area contributed by atoms with Crippen molar-refractivity contribution in [2.45, 2.75) is 25.7 Å². The largest absolute Gasteiger partial charge is 0.403 e. The average Bonchev–Trinajstić information content (AvgIpc) is 3.03. The van der Waals surface area contributed by atoms with E-state index < -0.39 is 12.2 Å². The fraction of sp³-hybridized carbons (Fsp3) is 0.529. The highest BCUT2D eigenvalue weighted by molar-refractivity contribution is 9.10. The van der Waals surface area contributed by atoms with Gasteiger partial charge in [-0.05, 0) is 35.0 Å².